The average Bonchev–Trinajstić information content (AvgIpc) is 3.09. The van der Waals surface area contributed by atoms with Gasteiger partial charge in [0.1, 0.15) is 24.0 Å². The summed E-state index contributed by atoms with van der Waals surface area (Å²) in [5, 5.41) is 0. The van der Waals surface area contributed by atoms with Crippen molar-refractivity contribution in [2.45, 2.75) is 6.61 Å². The predicted molar refractivity (Wildman–Crippen MR) is 104 cm³/mol. The molecule has 1 aliphatic heterocycles. The number of halogens is 2. The van der Waals surface area contributed by atoms with Gasteiger partial charge in [0.15, 0.2) is 5.70 Å². The molecule has 0 spiro atoms. The number of benzene rings is 3. The van der Waals surface area contributed by atoms with Crippen molar-refractivity contribution in [1.29, 1.82) is 0 Å². The lowest BCUT2D eigenvalue weighted by Gasteiger charge is -2.06. The molecule has 3 aromatic carbocycles. The van der Waals surface area contributed by atoms with E-state index in [2.05, 4.69) is 4.99 Å². The molecule has 4 nitrogen and oxygen atoms in total. The van der Waals surface area contributed by atoms with Crippen LogP contribution in [0.25, 0.3) is 6.08 Å². The Balaban J connectivity index is 1.46. The maximum atomic E-state index is 13.9. The van der Waals surface area contributed by atoms with Gasteiger partial charge in [0.25, 0.3) is 0 Å². The van der Waals surface area contributed by atoms with Crippen molar-refractivity contribution in [2.24, 2.45) is 4.99 Å². The fraction of sp³-hybridized carbons (Fsp3) is 0.0435. The molecule has 0 amide bonds. The van der Waals surface area contributed by atoms with Crippen LogP contribution in [0.5, 0.6) is 5.75 Å². The zero-order valence-corrected chi connectivity index (χ0v) is 15.1. The topological polar surface area (TPSA) is 47.9 Å². The molecule has 0 aromatic heterocycles. The van der Waals surface area contributed by atoms with Crippen molar-refractivity contribution in [3.63, 3.8) is 0 Å². The minimum atomic E-state index is -0.639. The van der Waals surface area contributed by atoms with E-state index in [0.29, 0.717) is 17.9 Å². The van der Waals surface area contributed by atoms with Crippen LogP contribution < -0.4 is 4.74 Å². The Hall–Kier alpha value is -3.80. The van der Waals surface area contributed by atoms with E-state index >= 15 is 0 Å². The van der Waals surface area contributed by atoms with Crippen LogP contribution in [0.4, 0.5) is 8.78 Å². The monoisotopic (exact) mass is 391 g/mol. The second kappa shape index (κ2) is 8.06. The SMILES string of the molecule is O=C1OC(c2ccccc2F)=N/C1=C\c1ccc(OCc2ccc(F)cc2)cc1. The molecule has 6 heteroatoms. The van der Waals surface area contributed by atoms with E-state index in [9.17, 15) is 13.6 Å². The summed E-state index contributed by atoms with van der Waals surface area (Å²) < 4.78 is 37.5. The Morgan fingerprint density at radius 1 is 0.931 bits per heavy atom. The first-order chi connectivity index (χ1) is 14.1. The smallest absolute Gasteiger partial charge is 0.363 e. The number of aliphatic imine (C=N–C) groups is 1. The third kappa shape index (κ3) is 4.38. The lowest BCUT2D eigenvalue weighted by molar-refractivity contribution is -0.129. The van der Waals surface area contributed by atoms with Crippen molar-refractivity contribution in [2.75, 3.05) is 0 Å². The summed E-state index contributed by atoms with van der Waals surface area (Å²) in [6, 6.07) is 19.1. The summed E-state index contributed by atoms with van der Waals surface area (Å²) >= 11 is 0. The number of nitrogens with zero attached hydrogens (tertiary/aromatic N) is 1. The summed E-state index contributed by atoms with van der Waals surface area (Å²) in [5.41, 5.74) is 1.78. The fourth-order valence-electron chi connectivity index (χ4n) is 2.72. The Kier molecular flexibility index (Phi) is 5.16. The third-order valence-corrected chi connectivity index (χ3v) is 4.23. The quantitative estimate of drug-likeness (QED) is 0.460. The highest BCUT2D eigenvalue weighted by atomic mass is 19.1. The summed E-state index contributed by atoms with van der Waals surface area (Å²) in [6.07, 6.45) is 1.56. The Bertz CT molecular complexity index is 1100. The van der Waals surface area contributed by atoms with Gasteiger partial charge in [0, 0.05) is 0 Å². The van der Waals surface area contributed by atoms with E-state index < -0.39 is 11.8 Å². The molecule has 29 heavy (non-hydrogen) atoms. The molecule has 144 valence electrons. The molecule has 0 saturated carbocycles. The Labute approximate surface area is 165 Å². The summed E-state index contributed by atoms with van der Waals surface area (Å²) in [7, 11) is 0. The van der Waals surface area contributed by atoms with Crippen LogP contribution in [0.15, 0.2) is 83.5 Å². The summed E-state index contributed by atoms with van der Waals surface area (Å²) in [4.78, 5) is 16.2. The van der Waals surface area contributed by atoms with E-state index in [0.717, 1.165) is 5.56 Å². The van der Waals surface area contributed by atoms with E-state index in [1.807, 2.05) is 0 Å². The number of hydrogen-bond acceptors (Lipinski definition) is 4. The number of hydrogen-bond donors (Lipinski definition) is 0. The van der Waals surface area contributed by atoms with E-state index in [1.54, 1.807) is 54.6 Å². The number of esters is 1. The minimum Gasteiger partial charge on any atom is -0.489 e. The number of rotatable bonds is 5. The Morgan fingerprint density at radius 2 is 1.66 bits per heavy atom. The number of carbonyl (C=O) groups excluding carboxylic acids is 1. The molecule has 0 atom stereocenters. The van der Waals surface area contributed by atoms with Crippen LogP contribution in [0.3, 0.4) is 0 Å². The zero-order valence-electron chi connectivity index (χ0n) is 15.1. The highest BCUT2D eigenvalue weighted by Gasteiger charge is 2.25. The van der Waals surface area contributed by atoms with E-state index in [-0.39, 0.29) is 23.0 Å². The first-order valence-electron chi connectivity index (χ1n) is 8.83. The van der Waals surface area contributed by atoms with Gasteiger partial charge in [-0.1, -0.05) is 36.4 Å². The number of carbonyl (C=O) groups is 1. The molecule has 0 bridgehead atoms. The van der Waals surface area contributed by atoms with Crippen LogP contribution in [-0.4, -0.2) is 11.9 Å². The fourth-order valence-corrected chi connectivity index (χ4v) is 2.72. The normalized spacial score (nSPS) is 14.6. The maximum absolute atomic E-state index is 13.9. The zero-order chi connectivity index (χ0) is 20.2. The molecule has 1 aliphatic rings. The van der Waals surface area contributed by atoms with Gasteiger partial charge >= 0.3 is 5.97 Å². The van der Waals surface area contributed by atoms with Gasteiger partial charge in [-0.15, -0.1) is 0 Å². The second-order valence-corrected chi connectivity index (χ2v) is 6.30. The lowest BCUT2D eigenvalue weighted by atomic mass is 10.2. The average molecular weight is 391 g/mol. The van der Waals surface area contributed by atoms with Gasteiger partial charge in [-0.2, -0.15) is 0 Å². The Morgan fingerprint density at radius 3 is 2.38 bits per heavy atom. The molecule has 1 heterocycles. The van der Waals surface area contributed by atoms with Crippen LogP contribution in [0.2, 0.25) is 0 Å². The molecule has 3 aromatic rings. The first-order valence-corrected chi connectivity index (χ1v) is 8.83. The van der Waals surface area contributed by atoms with Gasteiger partial charge in [-0.25, -0.2) is 18.6 Å². The van der Waals surface area contributed by atoms with E-state index in [1.165, 1.54) is 24.3 Å². The van der Waals surface area contributed by atoms with Crippen LogP contribution in [-0.2, 0) is 16.1 Å². The molecule has 4 rings (SSSR count). The van der Waals surface area contributed by atoms with Gasteiger partial charge in [0.05, 0.1) is 5.56 Å². The standard InChI is InChI=1S/C23H15F2NO3/c24-17-9-5-16(6-10-17)14-28-18-11-7-15(8-12-18)13-21-23(27)29-22(26-21)19-3-1-2-4-20(19)25/h1-13H,14H2/b21-13-. The largest absolute Gasteiger partial charge is 0.489 e. The summed E-state index contributed by atoms with van der Waals surface area (Å²) in [6.45, 7) is 0.309. The summed E-state index contributed by atoms with van der Waals surface area (Å²) in [5.74, 6) is -0.875. The van der Waals surface area contributed by atoms with Crippen molar-refractivity contribution >= 4 is 17.9 Å². The molecule has 0 radical (unpaired) electrons. The molecule has 0 unspecified atom stereocenters. The second-order valence-electron chi connectivity index (χ2n) is 6.30. The van der Waals surface area contributed by atoms with Gasteiger partial charge in [0.2, 0.25) is 5.90 Å². The van der Waals surface area contributed by atoms with Gasteiger partial charge < -0.3 is 9.47 Å². The molecular formula is C23H15F2NO3. The molecule has 0 N–H and O–H groups in total. The van der Waals surface area contributed by atoms with E-state index in [4.69, 9.17) is 9.47 Å². The van der Waals surface area contributed by atoms with Gasteiger partial charge in [-0.05, 0) is 53.6 Å². The van der Waals surface area contributed by atoms with Gasteiger partial charge in [-0.3, -0.25) is 0 Å². The maximum Gasteiger partial charge on any atom is 0.363 e. The third-order valence-electron chi connectivity index (χ3n) is 4.23. The van der Waals surface area contributed by atoms with Crippen LogP contribution >= 0.6 is 0 Å². The number of cyclic esters (lactones) is 1. The first kappa shape index (κ1) is 18.6. The lowest BCUT2D eigenvalue weighted by Crippen LogP contribution is -2.07. The van der Waals surface area contributed by atoms with Crippen molar-refractivity contribution in [1.82, 2.24) is 0 Å². The van der Waals surface area contributed by atoms with Crippen LogP contribution in [0, 0.1) is 11.6 Å². The molecular weight excluding hydrogens is 376 g/mol. The minimum absolute atomic E-state index is 0.0569. The number of ether oxygens (including phenoxy) is 2. The van der Waals surface area contributed by atoms with Crippen molar-refractivity contribution in [3.8, 4) is 5.75 Å². The highest BCUT2D eigenvalue weighted by Crippen LogP contribution is 2.22. The van der Waals surface area contributed by atoms with Crippen molar-refractivity contribution in [3.05, 3.63) is 107 Å². The van der Waals surface area contributed by atoms with Crippen molar-refractivity contribution < 1.29 is 23.0 Å². The highest BCUT2D eigenvalue weighted by molar-refractivity contribution is 6.12. The molecule has 0 fully saturated rings. The molecule has 0 aliphatic carbocycles. The predicted octanol–water partition coefficient (Wildman–Crippen LogP) is 4.89. The van der Waals surface area contributed by atoms with Crippen LogP contribution in [0.1, 0.15) is 16.7 Å². The molecule has 0 saturated heterocycles.